The molecule has 1 heterocycles. The molecule has 0 aromatic rings. The first-order chi connectivity index (χ1) is 5.18. The first-order valence-electron chi connectivity index (χ1n) is 3.86. The van der Waals surface area contributed by atoms with Crippen molar-refractivity contribution in [2.24, 2.45) is 10.7 Å². The largest absolute Gasteiger partial charge is 0.377 e. The van der Waals surface area contributed by atoms with Gasteiger partial charge in [-0.1, -0.05) is 0 Å². The molecule has 11 heavy (non-hydrogen) atoms. The lowest BCUT2D eigenvalue weighted by Gasteiger charge is -2.22. The van der Waals surface area contributed by atoms with E-state index in [2.05, 4.69) is 10.3 Å². The van der Waals surface area contributed by atoms with Crippen molar-refractivity contribution in [1.29, 1.82) is 0 Å². The molecule has 0 aromatic heterocycles. The number of ether oxygens (including phenoxy) is 1. The van der Waals surface area contributed by atoms with E-state index in [-0.39, 0.29) is 6.04 Å². The molecule has 1 aliphatic rings. The molecule has 64 valence electrons. The van der Waals surface area contributed by atoms with Crippen LogP contribution in [0.4, 0.5) is 0 Å². The molecular formula is C7H15N3O. The molecule has 3 N–H and O–H groups in total. The van der Waals surface area contributed by atoms with E-state index < -0.39 is 0 Å². The Morgan fingerprint density at radius 2 is 2.27 bits per heavy atom. The summed E-state index contributed by atoms with van der Waals surface area (Å²) in [6.45, 7) is 5.47. The van der Waals surface area contributed by atoms with Gasteiger partial charge in [0, 0.05) is 6.04 Å². The predicted octanol–water partition coefficient (Wildman–Crippen LogP) is -0.302. The molecule has 0 unspecified atom stereocenters. The van der Waals surface area contributed by atoms with Crippen LogP contribution in [0.15, 0.2) is 4.99 Å². The molecule has 0 atom stereocenters. The highest BCUT2D eigenvalue weighted by molar-refractivity contribution is 5.78. The summed E-state index contributed by atoms with van der Waals surface area (Å²) >= 11 is 0. The highest BCUT2D eigenvalue weighted by atomic mass is 16.5. The molecule has 0 aliphatic carbocycles. The fraction of sp³-hybridized carbons (Fsp3) is 0.857. The van der Waals surface area contributed by atoms with Crippen molar-refractivity contribution in [2.75, 3.05) is 13.2 Å². The minimum absolute atomic E-state index is 0.279. The van der Waals surface area contributed by atoms with Crippen LogP contribution in [0, 0.1) is 0 Å². The van der Waals surface area contributed by atoms with Crippen LogP contribution < -0.4 is 11.1 Å². The Bertz CT molecular complexity index is 152. The van der Waals surface area contributed by atoms with E-state index in [1.807, 2.05) is 13.8 Å². The highest BCUT2D eigenvalue weighted by Gasteiger charge is 2.17. The summed E-state index contributed by atoms with van der Waals surface area (Å²) in [5.74, 6) is 0.522. The summed E-state index contributed by atoms with van der Waals surface area (Å²) in [6, 6.07) is 0.626. The SMILES string of the molecule is CC(C)NC(N)=NC1COC1. The lowest BCUT2D eigenvalue weighted by molar-refractivity contribution is 0.0131. The molecule has 0 bridgehead atoms. The van der Waals surface area contributed by atoms with E-state index in [4.69, 9.17) is 10.5 Å². The minimum Gasteiger partial charge on any atom is -0.377 e. The molecule has 4 nitrogen and oxygen atoms in total. The summed E-state index contributed by atoms with van der Waals surface area (Å²) in [5, 5.41) is 3.01. The quantitative estimate of drug-likeness (QED) is 0.427. The van der Waals surface area contributed by atoms with Crippen LogP contribution in [-0.4, -0.2) is 31.3 Å². The Balaban J connectivity index is 2.26. The summed E-state index contributed by atoms with van der Waals surface area (Å²) in [7, 11) is 0. The Morgan fingerprint density at radius 3 is 2.64 bits per heavy atom. The standard InChI is InChI=1S/C7H15N3O/c1-5(2)9-7(8)10-6-3-11-4-6/h5-6H,3-4H2,1-2H3,(H3,8,9,10). The third kappa shape index (κ3) is 2.76. The van der Waals surface area contributed by atoms with E-state index in [1.165, 1.54) is 0 Å². The van der Waals surface area contributed by atoms with Crippen LogP contribution in [-0.2, 0) is 4.74 Å². The maximum Gasteiger partial charge on any atom is 0.189 e. The lowest BCUT2D eigenvalue weighted by Crippen LogP contribution is -2.41. The maximum absolute atomic E-state index is 5.57. The van der Waals surface area contributed by atoms with Crippen molar-refractivity contribution < 1.29 is 4.74 Å². The number of hydrogen-bond donors (Lipinski definition) is 2. The zero-order valence-electron chi connectivity index (χ0n) is 7.00. The van der Waals surface area contributed by atoms with Crippen molar-refractivity contribution in [3.63, 3.8) is 0 Å². The van der Waals surface area contributed by atoms with Crippen LogP contribution in [0.1, 0.15) is 13.8 Å². The fourth-order valence-corrected chi connectivity index (χ4v) is 0.828. The zero-order chi connectivity index (χ0) is 8.27. The molecule has 0 aromatic carbocycles. The molecule has 1 aliphatic heterocycles. The van der Waals surface area contributed by atoms with Crippen molar-refractivity contribution in [3.8, 4) is 0 Å². The van der Waals surface area contributed by atoms with E-state index in [1.54, 1.807) is 0 Å². The number of nitrogens with two attached hydrogens (primary N) is 1. The van der Waals surface area contributed by atoms with Gasteiger partial charge in [-0.2, -0.15) is 0 Å². The molecule has 1 saturated heterocycles. The van der Waals surface area contributed by atoms with Crippen LogP contribution in [0.3, 0.4) is 0 Å². The second kappa shape index (κ2) is 3.57. The third-order valence-electron chi connectivity index (χ3n) is 1.38. The van der Waals surface area contributed by atoms with Gasteiger partial charge in [0.05, 0.1) is 13.2 Å². The summed E-state index contributed by atoms with van der Waals surface area (Å²) in [5.41, 5.74) is 5.57. The van der Waals surface area contributed by atoms with Gasteiger partial charge in [-0.05, 0) is 13.8 Å². The number of nitrogens with zero attached hydrogens (tertiary/aromatic N) is 1. The number of rotatable bonds is 2. The van der Waals surface area contributed by atoms with Gasteiger partial charge >= 0.3 is 0 Å². The molecule has 0 spiro atoms. The number of aliphatic imine (C=N–C) groups is 1. The molecule has 0 saturated carbocycles. The number of hydrogen-bond acceptors (Lipinski definition) is 2. The Morgan fingerprint density at radius 1 is 1.64 bits per heavy atom. The minimum atomic E-state index is 0.279. The molecule has 1 fully saturated rings. The molecular weight excluding hydrogens is 142 g/mol. The van der Waals surface area contributed by atoms with Gasteiger partial charge < -0.3 is 15.8 Å². The second-order valence-corrected chi connectivity index (χ2v) is 3.00. The van der Waals surface area contributed by atoms with Crippen LogP contribution in [0.2, 0.25) is 0 Å². The average Bonchev–Trinajstić information content (AvgIpc) is 1.77. The van der Waals surface area contributed by atoms with Gasteiger partial charge in [0.15, 0.2) is 5.96 Å². The Hall–Kier alpha value is -0.770. The Kier molecular flexibility index (Phi) is 2.70. The Labute approximate surface area is 66.8 Å². The molecule has 4 heteroatoms. The summed E-state index contributed by atoms with van der Waals surface area (Å²) in [6.07, 6.45) is 0. The maximum atomic E-state index is 5.57. The normalized spacial score (nSPS) is 20.1. The van der Waals surface area contributed by atoms with Crippen LogP contribution >= 0.6 is 0 Å². The van der Waals surface area contributed by atoms with Gasteiger partial charge in [0.25, 0.3) is 0 Å². The monoisotopic (exact) mass is 157 g/mol. The van der Waals surface area contributed by atoms with Crippen LogP contribution in [0.5, 0.6) is 0 Å². The topological polar surface area (TPSA) is 59.6 Å². The van der Waals surface area contributed by atoms with Gasteiger partial charge in [-0.3, -0.25) is 0 Å². The van der Waals surface area contributed by atoms with Crippen molar-refractivity contribution >= 4 is 5.96 Å². The average molecular weight is 157 g/mol. The third-order valence-corrected chi connectivity index (χ3v) is 1.38. The first kappa shape index (κ1) is 8.33. The smallest absolute Gasteiger partial charge is 0.189 e. The van der Waals surface area contributed by atoms with Crippen molar-refractivity contribution in [2.45, 2.75) is 25.9 Å². The van der Waals surface area contributed by atoms with E-state index in [0.717, 1.165) is 0 Å². The highest BCUT2D eigenvalue weighted by Crippen LogP contribution is 2.03. The number of nitrogens with one attached hydrogen (secondary N) is 1. The van der Waals surface area contributed by atoms with E-state index in [0.29, 0.717) is 25.2 Å². The molecule has 0 amide bonds. The van der Waals surface area contributed by atoms with Crippen molar-refractivity contribution in [1.82, 2.24) is 5.32 Å². The van der Waals surface area contributed by atoms with Crippen molar-refractivity contribution in [3.05, 3.63) is 0 Å². The van der Waals surface area contributed by atoms with Gasteiger partial charge in [0.1, 0.15) is 6.04 Å². The lowest BCUT2D eigenvalue weighted by atomic mass is 10.3. The van der Waals surface area contributed by atoms with Gasteiger partial charge in [-0.15, -0.1) is 0 Å². The van der Waals surface area contributed by atoms with Gasteiger partial charge in [-0.25, -0.2) is 4.99 Å². The first-order valence-corrected chi connectivity index (χ1v) is 3.86. The predicted molar refractivity (Wildman–Crippen MR) is 44.5 cm³/mol. The fourth-order valence-electron chi connectivity index (χ4n) is 0.828. The van der Waals surface area contributed by atoms with E-state index >= 15 is 0 Å². The summed E-state index contributed by atoms with van der Waals surface area (Å²) in [4.78, 5) is 4.18. The van der Waals surface area contributed by atoms with Gasteiger partial charge in [0.2, 0.25) is 0 Å². The number of guanidine groups is 1. The zero-order valence-corrected chi connectivity index (χ0v) is 7.00. The second-order valence-electron chi connectivity index (χ2n) is 3.00. The molecule has 0 radical (unpaired) electrons. The summed E-state index contributed by atoms with van der Waals surface area (Å²) < 4.78 is 4.95. The van der Waals surface area contributed by atoms with Crippen LogP contribution in [0.25, 0.3) is 0 Å². The molecule has 1 rings (SSSR count). The van der Waals surface area contributed by atoms with E-state index in [9.17, 15) is 0 Å².